The monoisotopic (exact) mass is 430 g/mol. The first-order valence-corrected chi connectivity index (χ1v) is 10.0. The van der Waals surface area contributed by atoms with Crippen molar-refractivity contribution in [2.24, 2.45) is 0 Å². The van der Waals surface area contributed by atoms with Crippen molar-refractivity contribution in [1.82, 2.24) is 0 Å². The van der Waals surface area contributed by atoms with Gasteiger partial charge in [-0.25, -0.2) is 0 Å². The minimum Gasteiger partial charge on any atom is -0.322 e. The lowest BCUT2D eigenvalue weighted by molar-refractivity contribution is -0.137. The van der Waals surface area contributed by atoms with E-state index in [4.69, 9.17) is 0 Å². The molecule has 3 rings (SSSR count). The lowest BCUT2D eigenvalue weighted by Gasteiger charge is -2.11. The highest BCUT2D eigenvalue weighted by atomic mass is 32.2. The minimum atomic E-state index is -4.50. The van der Waals surface area contributed by atoms with E-state index in [1.807, 2.05) is 18.4 Å². The molecule has 0 radical (unpaired) electrons. The molecule has 154 valence electrons. The minimum absolute atomic E-state index is 0.0261. The Balaban J connectivity index is 1.75. The average Bonchev–Trinajstić information content (AvgIpc) is 2.73. The molecule has 0 bridgehead atoms. The van der Waals surface area contributed by atoms with Gasteiger partial charge in [-0.3, -0.25) is 9.59 Å². The van der Waals surface area contributed by atoms with Gasteiger partial charge in [-0.05, 0) is 54.8 Å². The van der Waals surface area contributed by atoms with Crippen LogP contribution in [0.4, 0.5) is 24.5 Å². The predicted octanol–water partition coefficient (Wildman–Crippen LogP) is 5.93. The Bertz CT molecular complexity index is 1080. The van der Waals surface area contributed by atoms with E-state index >= 15 is 0 Å². The molecule has 4 nitrogen and oxygen atoms in total. The van der Waals surface area contributed by atoms with Crippen molar-refractivity contribution in [3.63, 3.8) is 0 Å². The number of benzene rings is 3. The molecule has 0 saturated carbocycles. The van der Waals surface area contributed by atoms with Gasteiger partial charge in [-0.1, -0.05) is 24.3 Å². The highest BCUT2D eigenvalue weighted by molar-refractivity contribution is 7.98. The molecule has 0 aliphatic heterocycles. The Kier molecular flexibility index (Phi) is 6.47. The van der Waals surface area contributed by atoms with E-state index in [1.54, 1.807) is 24.3 Å². The van der Waals surface area contributed by atoms with Crippen molar-refractivity contribution in [1.29, 1.82) is 0 Å². The van der Waals surface area contributed by atoms with Gasteiger partial charge in [-0.2, -0.15) is 13.2 Å². The van der Waals surface area contributed by atoms with E-state index in [0.29, 0.717) is 11.3 Å². The van der Waals surface area contributed by atoms with Crippen LogP contribution in [0.5, 0.6) is 0 Å². The fourth-order valence-electron chi connectivity index (χ4n) is 2.75. The van der Waals surface area contributed by atoms with Crippen LogP contribution in [0.3, 0.4) is 0 Å². The number of alkyl halides is 3. The van der Waals surface area contributed by atoms with Gasteiger partial charge in [0.05, 0.1) is 11.1 Å². The quantitative estimate of drug-likeness (QED) is 0.493. The highest BCUT2D eigenvalue weighted by Crippen LogP contribution is 2.30. The number of thioether (sulfide) groups is 1. The van der Waals surface area contributed by atoms with Crippen LogP contribution >= 0.6 is 11.8 Å². The van der Waals surface area contributed by atoms with Gasteiger partial charge in [0, 0.05) is 21.8 Å². The number of carbonyl (C=O) groups is 2. The van der Waals surface area contributed by atoms with Crippen molar-refractivity contribution in [2.45, 2.75) is 11.1 Å². The molecule has 0 spiro atoms. The molecule has 0 aliphatic rings. The van der Waals surface area contributed by atoms with Crippen LogP contribution in [-0.2, 0) is 6.18 Å². The first kappa shape index (κ1) is 21.4. The molecule has 2 N–H and O–H groups in total. The largest absolute Gasteiger partial charge is 0.416 e. The predicted molar refractivity (Wildman–Crippen MR) is 112 cm³/mol. The molecule has 3 aromatic rings. The number of rotatable bonds is 5. The van der Waals surface area contributed by atoms with E-state index in [0.717, 1.165) is 17.0 Å². The number of hydrogen-bond donors (Lipinski definition) is 2. The van der Waals surface area contributed by atoms with Gasteiger partial charge in [0.15, 0.2) is 0 Å². The Morgan fingerprint density at radius 3 is 2.13 bits per heavy atom. The maximum atomic E-state index is 12.8. The smallest absolute Gasteiger partial charge is 0.322 e. The summed E-state index contributed by atoms with van der Waals surface area (Å²) in [6.07, 6.45) is -2.64. The van der Waals surface area contributed by atoms with Gasteiger partial charge in [-0.15, -0.1) is 11.8 Å². The number of halogens is 3. The summed E-state index contributed by atoms with van der Waals surface area (Å²) in [5.74, 6) is -0.912. The second kappa shape index (κ2) is 9.04. The summed E-state index contributed by atoms with van der Waals surface area (Å²) in [6.45, 7) is 0. The second-order valence-corrected chi connectivity index (χ2v) is 7.12. The first-order valence-electron chi connectivity index (χ1n) is 8.81. The van der Waals surface area contributed by atoms with E-state index in [1.165, 1.54) is 36.0 Å². The van der Waals surface area contributed by atoms with Crippen molar-refractivity contribution in [3.8, 4) is 0 Å². The van der Waals surface area contributed by atoms with Crippen LogP contribution in [0.15, 0.2) is 77.7 Å². The lowest BCUT2D eigenvalue weighted by Crippen LogP contribution is -2.15. The van der Waals surface area contributed by atoms with Crippen molar-refractivity contribution < 1.29 is 22.8 Å². The maximum absolute atomic E-state index is 12.8. The third kappa shape index (κ3) is 5.21. The number of nitrogens with one attached hydrogen (secondary N) is 2. The molecule has 0 atom stereocenters. The van der Waals surface area contributed by atoms with E-state index < -0.39 is 17.6 Å². The van der Waals surface area contributed by atoms with Gasteiger partial charge in [0.1, 0.15) is 0 Å². The Morgan fingerprint density at radius 2 is 1.43 bits per heavy atom. The number of anilines is 2. The maximum Gasteiger partial charge on any atom is 0.416 e. The zero-order valence-electron chi connectivity index (χ0n) is 15.8. The molecule has 0 unspecified atom stereocenters. The molecule has 0 aliphatic carbocycles. The van der Waals surface area contributed by atoms with Crippen LogP contribution in [0.1, 0.15) is 26.3 Å². The molecule has 8 heteroatoms. The molecule has 0 aromatic heterocycles. The summed E-state index contributed by atoms with van der Waals surface area (Å²) >= 11 is 1.44. The Hall–Kier alpha value is -3.26. The summed E-state index contributed by atoms with van der Waals surface area (Å²) in [4.78, 5) is 25.9. The lowest BCUT2D eigenvalue weighted by atomic mass is 10.1. The molecule has 2 amide bonds. The molecular formula is C22H17F3N2O2S. The topological polar surface area (TPSA) is 58.2 Å². The van der Waals surface area contributed by atoms with E-state index in [9.17, 15) is 22.8 Å². The summed E-state index contributed by atoms with van der Waals surface area (Å²) in [6, 6.07) is 17.7. The fourth-order valence-corrected chi connectivity index (χ4v) is 3.34. The van der Waals surface area contributed by atoms with Crippen LogP contribution in [-0.4, -0.2) is 18.1 Å². The summed E-state index contributed by atoms with van der Waals surface area (Å²) in [5, 5.41) is 5.19. The number of amides is 2. The molecule has 0 fully saturated rings. The Labute approximate surface area is 175 Å². The van der Waals surface area contributed by atoms with Gasteiger partial charge < -0.3 is 10.6 Å². The molecule has 30 heavy (non-hydrogen) atoms. The van der Waals surface area contributed by atoms with Crippen LogP contribution < -0.4 is 10.6 Å². The molecule has 3 aromatic carbocycles. The van der Waals surface area contributed by atoms with Crippen LogP contribution in [0, 0.1) is 0 Å². The normalized spacial score (nSPS) is 11.1. The van der Waals surface area contributed by atoms with Gasteiger partial charge >= 0.3 is 6.18 Å². The number of carbonyl (C=O) groups excluding carboxylic acids is 2. The van der Waals surface area contributed by atoms with Crippen molar-refractivity contribution >= 4 is 35.0 Å². The number of hydrogen-bond acceptors (Lipinski definition) is 3. The first-order chi connectivity index (χ1) is 14.3. The summed E-state index contributed by atoms with van der Waals surface area (Å²) in [7, 11) is 0. The van der Waals surface area contributed by atoms with Gasteiger partial charge in [0.25, 0.3) is 11.8 Å². The standard InChI is InChI=1S/C22H17F3N2O2S/c1-30-19-11-3-2-10-18(19)21(29)27-16-8-4-6-14(12-16)20(28)26-17-9-5-7-15(13-17)22(23,24)25/h2-13H,1H3,(H,26,28)(H,27,29). The molecule has 0 saturated heterocycles. The Morgan fingerprint density at radius 1 is 0.800 bits per heavy atom. The highest BCUT2D eigenvalue weighted by Gasteiger charge is 2.30. The summed E-state index contributed by atoms with van der Waals surface area (Å²) in [5.41, 5.74) is 0.270. The van der Waals surface area contributed by atoms with Crippen LogP contribution in [0.2, 0.25) is 0 Å². The average molecular weight is 430 g/mol. The van der Waals surface area contributed by atoms with Crippen molar-refractivity contribution in [2.75, 3.05) is 16.9 Å². The van der Waals surface area contributed by atoms with Crippen molar-refractivity contribution in [3.05, 3.63) is 89.5 Å². The SMILES string of the molecule is CSc1ccccc1C(=O)Nc1cccc(C(=O)Nc2cccc(C(F)(F)F)c2)c1. The third-order valence-electron chi connectivity index (χ3n) is 4.18. The van der Waals surface area contributed by atoms with E-state index in [2.05, 4.69) is 10.6 Å². The third-order valence-corrected chi connectivity index (χ3v) is 4.98. The second-order valence-electron chi connectivity index (χ2n) is 6.27. The zero-order valence-corrected chi connectivity index (χ0v) is 16.6. The zero-order chi connectivity index (χ0) is 21.7. The molecular weight excluding hydrogens is 413 g/mol. The van der Waals surface area contributed by atoms with E-state index in [-0.39, 0.29) is 17.2 Å². The fraction of sp³-hybridized carbons (Fsp3) is 0.0909. The van der Waals surface area contributed by atoms with Crippen LogP contribution in [0.25, 0.3) is 0 Å². The summed E-state index contributed by atoms with van der Waals surface area (Å²) < 4.78 is 38.5. The van der Waals surface area contributed by atoms with Gasteiger partial charge in [0.2, 0.25) is 0 Å². The molecule has 0 heterocycles.